The number of esters is 1. The molecule has 0 saturated carbocycles. The van der Waals surface area contributed by atoms with E-state index in [-0.39, 0.29) is 12.4 Å². The Kier molecular flexibility index (Phi) is 4.31. The van der Waals surface area contributed by atoms with Gasteiger partial charge in [0.05, 0.1) is 28.3 Å². The van der Waals surface area contributed by atoms with E-state index >= 15 is 0 Å². The number of aromatic nitrogens is 1. The van der Waals surface area contributed by atoms with Gasteiger partial charge >= 0.3 is 5.97 Å². The van der Waals surface area contributed by atoms with Crippen LogP contribution in [0.5, 0.6) is 0 Å². The van der Waals surface area contributed by atoms with Gasteiger partial charge in [0.15, 0.2) is 0 Å². The topological polar surface area (TPSA) is 89.7 Å². The van der Waals surface area contributed by atoms with E-state index in [9.17, 15) is 13.2 Å². The zero-order valence-electron chi connectivity index (χ0n) is 13.5. The van der Waals surface area contributed by atoms with Crippen molar-refractivity contribution >= 4 is 21.7 Å². The van der Waals surface area contributed by atoms with E-state index in [2.05, 4.69) is 5.16 Å². The van der Waals surface area contributed by atoms with E-state index in [0.29, 0.717) is 35.7 Å². The largest absolute Gasteiger partial charge is 0.457 e. The van der Waals surface area contributed by atoms with Crippen molar-refractivity contribution in [2.24, 2.45) is 0 Å². The summed E-state index contributed by atoms with van der Waals surface area (Å²) in [6.07, 6.45) is 0.586. The molecular weight excluding hydrogens is 332 g/mol. The third kappa shape index (κ3) is 3.14. The number of benzene rings is 1. The van der Waals surface area contributed by atoms with Gasteiger partial charge in [-0.3, -0.25) is 4.31 Å². The van der Waals surface area contributed by atoms with Crippen LogP contribution in [0, 0.1) is 13.8 Å². The molecule has 0 atom stereocenters. The van der Waals surface area contributed by atoms with Gasteiger partial charge in [0.25, 0.3) is 0 Å². The maximum absolute atomic E-state index is 12.2. The first-order chi connectivity index (χ1) is 11.4. The molecule has 24 heavy (non-hydrogen) atoms. The van der Waals surface area contributed by atoms with Gasteiger partial charge < -0.3 is 9.26 Å². The van der Waals surface area contributed by atoms with Crippen molar-refractivity contribution in [2.45, 2.75) is 26.9 Å². The Hall–Kier alpha value is -2.35. The lowest BCUT2D eigenvalue weighted by Gasteiger charge is -2.17. The Labute approximate surface area is 140 Å². The van der Waals surface area contributed by atoms with Crippen LogP contribution in [0.25, 0.3) is 0 Å². The first-order valence-electron chi connectivity index (χ1n) is 7.58. The molecule has 1 fully saturated rings. The van der Waals surface area contributed by atoms with Crippen molar-refractivity contribution in [3.8, 4) is 0 Å². The number of sulfonamides is 1. The standard InChI is InChI=1S/C16H18N2O5S/c1-11-15(12(2)23-17-11)10-22-16(19)13-5-3-6-14(9-13)18-7-4-8-24(18,20)21/h3,5-6,9H,4,7-8,10H2,1-2H3. The molecular formula is C16H18N2O5S. The Bertz CT molecular complexity index is 853. The third-order valence-corrected chi connectivity index (χ3v) is 5.87. The molecule has 7 nitrogen and oxygen atoms in total. The highest BCUT2D eigenvalue weighted by Gasteiger charge is 2.28. The van der Waals surface area contributed by atoms with Crippen molar-refractivity contribution in [3.63, 3.8) is 0 Å². The van der Waals surface area contributed by atoms with Gasteiger partial charge in [-0.15, -0.1) is 0 Å². The lowest BCUT2D eigenvalue weighted by atomic mass is 10.2. The first-order valence-corrected chi connectivity index (χ1v) is 9.19. The monoisotopic (exact) mass is 350 g/mol. The van der Waals surface area contributed by atoms with Gasteiger partial charge in [0.1, 0.15) is 12.4 Å². The van der Waals surface area contributed by atoms with Crippen LogP contribution in [0.15, 0.2) is 28.8 Å². The second-order valence-electron chi connectivity index (χ2n) is 5.67. The van der Waals surface area contributed by atoms with Crippen LogP contribution in [0.1, 0.15) is 33.8 Å². The third-order valence-electron chi connectivity index (χ3n) is 4.00. The molecule has 1 aliphatic rings. The smallest absolute Gasteiger partial charge is 0.338 e. The average molecular weight is 350 g/mol. The molecule has 0 unspecified atom stereocenters. The van der Waals surface area contributed by atoms with Crippen molar-refractivity contribution in [2.75, 3.05) is 16.6 Å². The zero-order chi connectivity index (χ0) is 17.3. The molecule has 2 heterocycles. The van der Waals surface area contributed by atoms with E-state index in [1.54, 1.807) is 38.1 Å². The summed E-state index contributed by atoms with van der Waals surface area (Å²) in [5.41, 5.74) is 2.21. The number of hydrogen-bond donors (Lipinski definition) is 0. The molecule has 128 valence electrons. The molecule has 0 amide bonds. The van der Waals surface area contributed by atoms with Gasteiger partial charge in [-0.05, 0) is 38.5 Å². The number of aryl methyl sites for hydroxylation is 2. The number of ether oxygens (including phenoxy) is 1. The predicted octanol–water partition coefficient (Wildman–Crippen LogP) is 2.19. The Balaban J connectivity index is 1.75. The summed E-state index contributed by atoms with van der Waals surface area (Å²) in [6, 6.07) is 6.46. The van der Waals surface area contributed by atoms with E-state index < -0.39 is 16.0 Å². The van der Waals surface area contributed by atoms with Gasteiger partial charge in [-0.25, -0.2) is 13.2 Å². The Morgan fingerprint density at radius 2 is 2.17 bits per heavy atom. The minimum absolute atomic E-state index is 0.0617. The molecule has 1 saturated heterocycles. The second-order valence-corrected chi connectivity index (χ2v) is 7.68. The molecule has 2 aromatic rings. The van der Waals surface area contributed by atoms with Crippen LogP contribution in [0.4, 0.5) is 5.69 Å². The van der Waals surface area contributed by atoms with Gasteiger partial charge in [0, 0.05) is 6.54 Å². The number of nitrogens with zero attached hydrogens (tertiary/aromatic N) is 2. The molecule has 8 heteroatoms. The van der Waals surface area contributed by atoms with Crippen molar-refractivity contribution in [1.29, 1.82) is 0 Å². The van der Waals surface area contributed by atoms with Gasteiger partial charge in [-0.1, -0.05) is 11.2 Å². The van der Waals surface area contributed by atoms with Crippen molar-refractivity contribution < 1.29 is 22.5 Å². The van der Waals surface area contributed by atoms with Crippen LogP contribution < -0.4 is 4.31 Å². The predicted molar refractivity (Wildman–Crippen MR) is 87.3 cm³/mol. The van der Waals surface area contributed by atoms with Crippen molar-refractivity contribution in [1.82, 2.24) is 5.16 Å². The quantitative estimate of drug-likeness (QED) is 0.785. The SMILES string of the molecule is Cc1noc(C)c1COC(=O)c1cccc(N2CCCS2(=O)=O)c1. The summed E-state index contributed by atoms with van der Waals surface area (Å²) in [7, 11) is -3.28. The average Bonchev–Trinajstić information content (AvgIpc) is 3.07. The number of carbonyl (C=O) groups is 1. The molecule has 0 spiro atoms. The minimum Gasteiger partial charge on any atom is -0.457 e. The number of rotatable bonds is 4. The normalized spacial score (nSPS) is 16.3. The first kappa shape index (κ1) is 16.5. The number of hydrogen-bond acceptors (Lipinski definition) is 6. The highest BCUT2D eigenvalue weighted by Crippen LogP contribution is 2.25. The summed E-state index contributed by atoms with van der Waals surface area (Å²) in [6.45, 7) is 4.02. The lowest BCUT2D eigenvalue weighted by molar-refractivity contribution is 0.0471. The maximum atomic E-state index is 12.2. The van der Waals surface area contributed by atoms with E-state index in [1.165, 1.54) is 4.31 Å². The van der Waals surface area contributed by atoms with Crippen LogP contribution in [0.2, 0.25) is 0 Å². The highest BCUT2D eigenvalue weighted by atomic mass is 32.2. The fraction of sp³-hybridized carbons (Fsp3) is 0.375. The van der Waals surface area contributed by atoms with E-state index in [4.69, 9.17) is 9.26 Å². The van der Waals surface area contributed by atoms with Crippen LogP contribution in [-0.2, 0) is 21.4 Å². The lowest BCUT2D eigenvalue weighted by Crippen LogP contribution is -2.25. The number of carbonyl (C=O) groups excluding carboxylic acids is 1. The Morgan fingerprint density at radius 3 is 2.79 bits per heavy atom. The zero-order valence-corrected chi connectivity index (χ0v) is 14.3. The molecule has 1 aromatic heterocycles. The Morgan fingerprint density at radius 1 is 1.38 bits per heavy atom. The van der Waals surface area contributed by atoms with Crippen LogP contribution in [-0.4, -0.2) is 31.8 Å². The molecule has 0 N–H and O–H groups in total. The summed E-state index contributed by atoms with van der Waals surface area (Å²) in [5, 5.41) is 3.81. The van der Waals surface area contributed by atoms with E-state index in [0.717, 1.165) is 5.56 Å². The molecule has 0 radical (unpaired) electrons. The summed E-state index contributed by atoms with van der Waals surface area (Å²) >= 11 is 0. The minimum atomic E-state index is -3.28. The molecule has 1 aliphatic heterocycles. The molecule has 0 aliphatic carbocycles. The van der Waals surface area contributed by atoms with Gasteiger partial charge in [-0.2, -0.15) is 0 Å². The summed E-state index contributed by atoms with van der Waals surface area (Å²) in [5.74, 6) is 0.221. The highest BCUT2D eigenvalue weighted by molar-refractivity contribution is 7.93. The fourth-order valence-electron chi connectivity index (χ4n) is 2.65. The maximum Gasteiger partial charge on any atom is 0.338 e. The summed E-state index contributed by atoms with van der Waals surface area (Å²) in [4.78, 5) is 12.2. The number of anilines is 1. The molecule has 1 aromatic carbocycles. The van der Waals surface area contributed by atoms with Crippen molar-refractivity contribution in [3.05, 3.63) is 46.8 Å². The fourth-order valence-corrected chi connectivity index (χ4v) is 4.20. The van der Waals surface area contributed by atoms with E-state index in [1.807, 2.05) is 0 Å². The molecule has 3 rings (SSSR count). The second kappa shape index (κ2) is 6.27. The molecule has 0 bridgehead atoms. The van der Waals surface area contributed by atoms with Crippen LogP contribution in [0.3, 0.4) is 0 Å². The van der Waals surface area contributed by atoms with Gasteiger partial charge in [0.2, 0.25) is 10.0 Å². The summed E-state index contributed by atoms with van der Waals surface area (Å²) < 4.78 is 35.6. The van der Waals surface area contributed by atoms with Crippen LogP contribution >= 0.6 is 0 Å².